The van der Waals surface area contributed by atoms with Crippen LogP contribution < -0.4 is 0 Å². The maximum absolute atomic E-state index is 12.2. The summed E-state index contributed by atoms with van der Waals surface area (Å²) in [5, 5.41) is 23.4. The zero-order valence-electron chi connectivity index (χ0n) is 18.4. The van der Waals surface area contributed by atoms with Crippen LogP contribution in [0.4, 0.5) is 0 Å². The van der Waals surface area contributed by atoms with Gasteiger partial charge in [0, 0.05) is 49.9 Å². The van der Waals surface area contributed by atoms with Crippen molar-refractivity contribution >= 4 is 11.9 Å². The van der Waals surface area contributed by atoms with Crippen molar-refractivity contribution in [3.8, 4) is 0 Å². The fourth-order valence-electron chi connectivity index (χ4n) is 6.97. The van der Waals surface area contributed by atoms with Crippen LogP contribution in [0.1, 0.15) is 53.4 Å². The van der Waals surface area contributed by atoms with Crippen LogP contribution in [0, 0.1) is 22.7 Å². The van der Waals surface area contributed by atoms with Gasteiger partial charge < -0.3 is 24.4 Å². The summed E-state index contributed by atoms with van der Waals surface area (Å²) in [6.45, 7) is 11.5. The van der Waals surface area contributed by atoms with Crippen LogP contribution >= 0.6 is 0 Å². The Bertz CT molecular complexity index is 844. The Morgan fingerprint density at radius 3 is 2.57 bits per heavy atom. The van der Waals surface area contributed by atoms with E-state index < -0.39 is 52.3 Å². The smallest absolute Gasteiger partial charge is 0.334 e. The number of hydrogen-bond acceptors (Lipinski definition) is 7. The maximum Gasteiger partial charge on any atom is 0.334 e. The van der Waals surface area contributed by atoms with E-state index in [1.807, 2.05) is 20.8 Å². The normalized spacial score (nSPS) is 46.8. The predicted molar refractivity (Wildman–Crippen MR) is 107 cm³/mol. The van der Waals surface area contributed by atoms with Gasteiger partial charge >= 0.3 is 11.9 Å². The molecule has 0 aromatic carbocycles. The van der Waals surface area contributed by atoms with Crippen molar-refractivity contribution in [2.24, 2.45) is 22.7 Å². The number of rotatable bonds is 2. The number of aliphatic hydroxyl groups is 2. The molecule has 0 unspecified atom stereocenters. The van der Waals surface area contributed by atoms with Gasteiger partial charge in [-0.05, 0) is 29.7 Å². The second kappa shape index (κ2) is 6.40. The molecule has 0 bridgehead atoms. The molecule has 0 saturated heterocycles. The molecular formula is C23H32O7. The van der Waals surface area contributed by atoms with E-state index in [2.05, 4.69) is 6.58 Å². The van der Waals surface area contributed by atoms with Crippen molar-refractivity contribution in [3.63, 3.8) is 0 Å². The molecule has 0 aromatic heterocycles. The third-order valence-corrected chi connectivity index (χ3v) is 8.65. The molecule has 166 valence electrons. The number of ether oxygens (including phenoxy) is 3. The Labute approximate surface area is 177 Å². The van der Waals surface area contributed by atoms with Crippen LogP contribution in [0.2, 0.25) is 0 Å². The Morgan fingerprint density at radius 2 is 1.97 bits per heavy atom. The number of fused-ring (bicyclic) bond motifs is 4. The van der Waals surface area contributed by atoms with Crippen molar-refractivity contribution in [3.05, 3.63) is 23.8 Å². The molecule has 1 aliphatic heterocycles. The SMILES string of the molecule is C=C1C2=CC(=O)O[C@]2(OC)C[C@H]2[C@H]1[C@@H](O)C[C@@]1(O)C(C)(C)CC[C@H](OC(C)=O)[C@]21C. The number of methoxy groups -OCH3 is 1. The maximum atomic E-state index is 12.2. The van der Waals surface area contributed by atoms with Gasteiger partial charge in [0.1, 0.15) is 6.10 Å². The average molecular weight is 421 g/mol. The van der Waals surface area contributed by atoms with Crippen LogP contribution in [0.3, 0.4) is 0 Å². The molecule has 3 saturated carbocycles. The highest BCUT2D eigenvalue weighted by molar-refractivity contribution is 5.88. The zero-order chi connectivity index (χ0) is 22.3. The van der Waals surface area contributed by atoms with Gasteiger partial charge in [-0.25, -0.2) is 4.79 Å². The van der Waals surface area contributed by atoms with Crippen molar-refractivity contribution in [1.82, 2.24) is 0 Å². The summed E-state index contributed by atoms with van der Waals surface area (Å²) in [5.41, 5.74) is -1.60. The van der Waals surface area contributed by atoms with E-state index in [1.165, 1.54) is 20.1 Å². The molecule has 0 radical (unpaired) electrons. The van der Waals surface area contributed by atoms with Crippen LogP contribution in [0.25, 0.3) is 0 Å². The van der Waals surface area contributed by atoms with E-state index >= 15 is 0 Å². The summed E-state index contributed by atoms with van der Waals surface area (Å²) in [7, 11) is 1.47. The topological polar surface area (TPSA) is 102 Å². The first-order chi connectivity index (χ1) is 13.8. The van der Waals surface area contributed by atoms with E-state index in [9.17, 15) is 19.8 Å². The second-order valence-electron chi connectivity index (χ2n) is 10.2. The molecule has 0 amide bonds. The van der Waals surface area contributed by atoms with Crippen molar-refractivity contribution in [1.29, 1.82) is 0 Å². The molecular weight excluding hydrogens is 388 g/mol. The van der Waals surface area contributed by atoms with E-state index in [4.69, 9.17) is 14.2 Å². The van der Waals surface area contributed by atoms with Crippen LogP contribution in [-0.4, -0.2) is 52.9 Å². The standard InChI is InChI=1S/C23H32O7/c1-12-14-9-18(26)30-22(14,28-6)10-15-19(12)16(25)11-23(27)20(3,4)8-7-17(21(15,23)5)29-13(2)24/h9,15-17,19,25,27H,1,7-8,10-11H2,2-6H3/t15-,16-,17-,19-,21-,22+,23+/m0/s1. The Morgan fingerprint density at radius 1 is 1.30 bits per heavy atom. The lowest BCUT2D eigenvalue weighted by atomic mass is 9.40. The molecule has 0 spiro atoms. The number of aliphatic hydroxyl groups excluding tert-OH is 1. The Balaban J connectivity index is 1.90. The minimum absolute atomic E-state index is 0.135. The van der Waals surface area contributed by atoms with Gasteiger partial charge in [-0.2, -0.15) is 0 Å². The van der Waals surface area contributed by atoms with Crippen molar-refractivity contribution < 1.29 is 34.0 Å². The van der Waals surface area contributed by atoms with Gasteiger partial charge in [-0.1, -0.05) is 27.4 Å². The van der Waals surface area contributed by atoms with E-state index in [0.717, 1.165) is 0 Å². The lowest BCUT2D eigenvalue weighted by Gasteiger charge is -2.68. The minimum atomic E-state index is -1.31. The monoisotopic (exact) mass is 420 g/mol. The fourth-order valence-corrected chi connectivity index (χ4v) is 6.97. The summed E-state index contributed by atoms with van der Waals surface area (Å²) in [5.74, 6) is -3.02. The largest absolute Gasteiger partial charge is 0.462 e. The molecule has 7 heteroatoms. The number of carbonyl (C=O) groups excluding carboxylic acids is 2. The average Bonchev–Trinajstić information content (AvgIpc) is 2.99. The summed E-state index contributed by atoms with van der Waals surface area (Å²) in [4.78, 5) is 24.1. The van der Waals surface area contributed by atoms with Crippen LogP contribution in [0.5, 0.6) is 0 Å². The second-order valence-corrected chi connectivity index (χ2v) is 10.2. The highest BCUT2D eigenvalue weighted by atomic mass is 16.7. The predicted octanol–water partition coefficient (Wildman–Crippen LogP) is 2.26. The summed E-state index contributed by atoms with van der Waals surface area (Å²) in [6, 6.07) is 0. The molecule has 0 aromatic rings. The summed E-state index contributed by atoms with van der Waals surface area (Å²) in [6.07, 6.45) is 1.61. The minimum Gasteiger partial charge on any atom is -0.462 e. The van der Waals surface area contributed by atoms with Gasteiger partial charge in [0.25, 0.3) is 0 Å². The van der Waals surface area contributed by atoms with Gasteiger partial charge in [0.15, 0.2) is 0 Å². The Kier molecular flexibility index (Phi) is 4.60. The molecule has 4 aliphatic rings. The van der Waals surface area contributed by atoms with Crippen molar-refractivity contribution in [2.75, 3.05) is 7.11 Å². The summed E-state index contributed by atoms with van der Waals surface area (Å²) >= 11 is 0. The first-order valence-electron chi connectivity index (χ1n) is 10.6. The number of hydrogen-bond donors (Lipinski definition) is 2. The summed E-state index contributed by atoms with van der Waals surface area (Å²) < 4.78 is 17.1. The molecule has 3 fully saturated rings. The van der Waals surface area contributed by atoms with Gasteiger partial charge in [-0.3, -0.25) is 4.79 Å². The lowest BCUT2D eigenvalue weighted by molar-refractivity contribution is -0.306. The molecule has 1 heterocycles. The van der Waals surface area contributed by atoms with Crippen molar-refractivity contribution in [2.45, 2.75) is 77.0 Å². The molecule has 2 N–H and O–H groups in total. The first-order valence-corrected chi connectivity index (χ1v) is 10.6. The van der Waals surface area contributed by atoms with Gasteiger partial charge in [0.2, 0.25) is 5.79 Å². The lowest BCUT2D eigenvalue weighted by Crippen LogP contribution is -2.74. The van der Waals surface area contributed by atoms with Crippen LogP contribution in [0.15, 0.2) is 23.8 Å². The number of carbonyl (C=O) groups is 2. The van der Waals surface area contributed by atoms with E-state index in [1.54, 1.807) is 0 Å². The highest BCUT2D eigenvalue weighted by Gasteiger charge is 2.73. The molecule has 7 atom stereocenters. The molecule has 7 nitrogen and oxygen atoms in total. The quantitative estimate of drug-likeness (QED) is 0.661. The Hall–Kier alpha value is -1.70. The number of esters is 2. The zero-order valence-corrected chi connectivity index (χ0v) is 18.4. The highest BCUT2D eigenvalue weighted by Crippen LogP contribution is 2.68. The molecule has 4 rings (SSSR count). The van der Waals surface area contributed by atoms with Gasteiger partial charge in [0.05, 0.1) is 11.7 Å². The van der Waals surface area contributed by atoms with Crippen LogP contribution in [-0.2, 0) is 23.8 Å². The van der Waals surface area contributed by atoms with E-state index in [0.29, 0.717) is 24.0 Å². The third-order valence-electron chi connectivity index (χ3n) is 8.65. The first kappa shape index (κ1) is 21.5. The van der Waals surface area contributed by atoms with E-state index in [-0.39, 0.29) is 18.8 Å². The third kappa shape index (κ3) is 2.49. The van der Waals surface area contributed by atoms with Gasteiger partial charge in [-0.15, -0.1) is 0 Å². The fraction of sp³-hybridized carbons (Fsp3) is 0.739. The molecule has 30 heavy (non-hydrogen) atoms. The molecule has 3 aliphatic carbocycles.